The summed E-state index contributed by atoms with van der Waals surface area (Å²) in [4.78, 5) is 22.7. The monoisotopic (exact) mass is 261 g/mol. The third-order valence-electron chi connectivity index (χ3n) is 3.19. The zero-order chi connectivity index (χ0) is 14.0. The third kappa shape index (κ3) is 2.57. The molecule has 1 N–H and O–H groups in total. The number of hydrogen-bond acceptors (Lipinski definition) is 5. The zero-order valence-electron chi connectivity index (χ0n) is 10.8. The van der Waals surface area contributed by atoms with Gasteiger partial charge in [0, 0.05) is 25.2 Å². The SMILES string of the molecule is C[C@@H]1CN(C(=O)O)C[C@@H](C)N1c1ncc(C#N)cn1. The molecule has 100 valence electrons. The van der Waals surface area contributed by atoms with Crippen LogP contribution in [0.3, 0.4) is 0 Å². The summed E-state index contributed by atoms with van der Waals surface area (Å²) < 4.78 is 0. The van der Waals surface area contributed by atoms with Crippen LogP contribution >= 0.6 is 0 Å². The highest BCUT2D eigenvalue weighted by Crippen LogP contribution is 2.21. The predicted molar refractivity (Wildman–Crippen MR) is 67.7 cm³/mol. The van der Waals surface area contributed by atoms with Crippen molar-refractivity contribution in [1.29, 1.82) is 5.26 Å². The van der Waals surface area contributed by atoms with Crippen LogP contribution < -0.4 is 4.90 Å². The summed E-state index contributed by atoms with van der Waals surface area (Å²) in [5.41, 5.74) is 0.410. The molecular formula is C12H15N5O2. The maximum atomic E-state index is 11.0. The molecule has 7 heteroatoms. The fraction of sp³-hybridized carbons (Fsp3) is 0.500. The summed E-state index contributed by atoms with van der Waals surface area (Å²) in [6.45, 7) is 4.71. The Labute approximate surface area is 111 Å². The van der Waals surface area contributed by atoms with Crippen molar-refractivity contribution < 1.29 is 9.90 Å². The first kappa shape index (κ1) is 13.1. The van der Waals surface area contributed by atoms with Gasteiger partial charge in [-0.25, -0.2) is 14.8 Å². The van der Waals surface area contributed by atoms with E-state index in [2.05, 4.69) is 9.97 Å². The van der Waals surface area contributed by atoms with E-state index in [-0.39, 0.29) is 12.1 Å². The Balaban J connectivity index is 2.20. The Morgan fingerprint density at radius 1 is 1.37 bits per heavy atom. The van der Waals surface area contributed by atoms with Crippen LogP contribution in [-0.2, 0) is 0 Å². The van der Waals surface area contributed by atoms with E-state index in [9.17, 15) is 4.79 Å². The second-order valence-corrected chi connectivity index (χ2v) is 4.68. The van der Waals surface area contributed by atoms with Crippen molar-refractivity contribution in [2.24, 2.45) is 0 Å². The van der Waals surface area contributed by atoms with Crippen molar-refractivity contribution in [3.8, 4) is 6.07 Å². The van der Waals surface area contributed by atoms with Crippen LogP contribution in [0.2, 0.25) is 0 Å². The second-order valence-electron chi connectivity index (χ2n) is 4.68. The fourth-order valence-electron chi connectivity index (χ4n) is 2.39. The summed E-state index contributed by atoms with van der Waals surface area (Å²) in [6, 6.07) is 1.96. The van der Waals surface area contributed by atoms with Crippen molar-refractivity contribution in [1.82, 2.24) is 14.9 Å². The Morgan fingerprint density at radius 2 is 1.89 bits per heavy atom. The van der Waals surface area contributed by atoms with Gasteiger partial charge in [0.2, 0.25) is 5.95 Å². The number of piperazine rings is 1. The topological polar surface area (TPSA) is 93.4 Å². The number of anilines is 1. The molecule has 1 amide bonds. The van der Waals surface area contributed by atoms with E-state index in [0.717, 1.165) is 0 Å². The van der Waals surface area contributed by atoms with Gasteiger partial charge in [0.05, 0.1) is 18.0 Å². The molecule has 0 radical (unpaired) electrons. The Morgan fingerprint density at radius 3 is 2.32 bits per heavy atom. The molecular weight excluding hydrogens is 246 g/mol. The standard InChI is InChI=1S/C12H15N5O2/c1-8-6-16(12(18)19)7-9(2)17(8)11-14-4-10(3-13)5-15-11/h4-5,8-9H,6-7H2,1-2H3,(H,18,19)/t8-,9-/m1/s1. The summed E-state index contributed by atoms with van der Waals surface area (Å²) in [5.74, 6) is 0.532. The van der Waals surface area contributed by atoms with Crippen molar-refractivity contribution in [2.75, 3.05) is 18.0 Å². The van der Waals surface area contributed by atoms with Gasteiger partial charge >= 0.3 is 6.09 Å². The molecule has 0 unspecified atom stereocenters. The second kappa shape index (κ2) is 5.10. The van der Waals surface area contributed by atoms with Gasteiger partial charge in [0.1, 0.15) is 6.07 Å². The van der Waals surface area contributed by atoms with Crippen LogP contribution in [-0.4, -0.2) is 51.2 Å². The van der Waals surface area contributed by atoms with E-state index in [4.69, 9.17) is 10.4 Å². The lowest BCUT2D eigenvalue weighted by molar-refractivity contribution is 0.128. The molecule has 0 aromatic carbocycles. The maximum absolute atomic E-state index is 11.0. The summed E-state index contributed by atoms with van der Waals surface area (Å²) >= 11 is 0. The van der Waals surface area contributed by atoms with Crippen molar-refractivity contribution in [2.45, 2.75) is 25.9 Å². The molecule has 0 saturated carbocycles. The van der Waals surface area contributed by atoms with Gasteiger partial charge in [0.15, 0.2) is 0 Å². The quantitative estimate of drug-likeness (QED) is 0.808. The fourth-order valence-corrected chi connectivity index (χ4v) is 2.39. The van der Waals surface area contributed by atoms with Crippen molar-refractivity contribution >= 4 is 12.0 Å². The molecule has 0 spiro atoms. The smallest absolute Gasteiger partial charge is 0.407 e. The number of nitrogens with zero attached hydrogens (tertiary/aromatic N) is 5. The highest BCUT2D eigenvalue weighted by Gasteiger charge is 2.33. The maximum Gasteiger partial charge on any atom is 0.407 e. The first-order valence-corrected chi connectivity index (χ1v) is 6.01. The van der Waals surface area contributed by atoms with Crippen molar-refractivity contribution in [3.05, 3.63) is 18.0 Å². The molecule has 1 saturated heterocycles. The van der Waals surface area contributed by atoms with Crippen LogP contribution in [0, 0.1) is 11.3 Å². The minimum atomic E-state index is -0.904. The van der Waals surface area contributed by atoms with E-state index in [1.807, 2.05) is 24.8 Å². The first-order valence-electron chi connectivity index (χ1n) is 6.01. The Bertz CT molecular complexity index is 498. The van der Waals surface area contributed by atoms with Gasteiger partial charge in [-0.15, -0.1) is 0 Å². The molecule has 2 rings (SSSR count). The number of amides is 1. The van der Waals surface area contributed by atoms with Crippen LogP contribution in [0.5, 0.6) is 0 Å². The highest BCUT2D eigenvalue weighted by atomic mass is 16.4. The van der Waals surface area contributed by atoms with Crippen molar-refractivity contribution in [3.63, 3.8) is 0 Å². The number of hydrogen-bond donors (Lipinski definition) is 1. The molecule has 0 aliphatic carbocycles. The molecule has 0 bridgehead atoms. The number of carbonyl (C=O) groups is 1. The summed E-state index contributed by atoms with van der Waals surface area (Å²) in [7, 11) is 0. The average molecular weight is 261 g/mol. The molecule has 7 nitrogen and oxygen atoms in total. The third-order valence-corrected chi connectivity index (χ3v) is 3.19. The number of carboxylic acid groups (broad SMARTS) is 1. The largest absolute Gasteiger partial charge is 0.465 e. The molecule has 1 aromatic rings. The molecule has 2 atom stereocenters. The lowest BCUT2D eigenvalue weighted by atomic mass is 10.1. The van der Waals surface area contributed by atoms with Crippen LogP contribution in [0.25, 0.3) is 0 Å². The van der Waals surface area contributed by atoms with Crippen LogP contribution in [0.15, 0.2) is 12.4 Å². The highest BCUT2D eigenvalue weighted by molar-refractivity contribution is 5.65. The molecule has 1 aliphatic heterocycles. The van der Waals surface area contributed by atoms with Gasteiger partial charge in [-0.05, 0) is 13.8 Å². The number of rotatable bonds is 1. The Hall–Kier alpha value is -2.36. The van der Waals surface area contributed by atoms with E-state index in [1.54, 1.807) is 0 Å². The molecule has 19 heavy (non-hydrogen) atoms. The molecule has 1 fully saturated rings. The molecule has 2 heterocycles. The van der Waals surface area contributed by atoms with Gasteiger partial charge in [-0.1, -0.05) is 0 Å². The number of aromatic nitrogens is 2. The van der Waals surface area contributed by atoms with Gasteiger partial charge in [-0.3, -0.25) is 0 Å². The molecule has 1 aromatic heterocycles. The van der Waals surface area contributed by atoms with E-state index < -0.39 is 6.09 Å². The first-order chi connectivity index (χ1) is 9.02. The zero-order valence-corrected chi connectivity index (χ0v) is 10.8. The molecule has 1 aliphatic rings. The van der Waals surface area contributed by atoms with Crippen LogP contribution in [0.4, 0.5) is 10.7 Å². The minimum absolute atomic E-state index is 0.00668. The van der Waals surface area contributed by atoms with Gasteiger partial charge in [-0.2, -0.15) is 5.26 Å². The van der Waals surface area contributed by atoms with E-state index >= 15 is 0 Å². The van der Waals surface area contributed by atoms with Gasteiger partial charge in [0.25, 0.3) is 0 Å². The lowest BCUT2D eigenvalue weighted by Crippen LogP contribution is -2.58. The Kier molecular flexibility index (Phi) is 3.51. The van der Waals surface area contributed by atoms with E-state index in [0.29, 0.717) is 24.6 Å². The van der Waals surface area contributed by atoms with E-state index in [1.165, 1.54) is 17.3 Å². The normalized spacial score (nSPS) is 23.0. The van der Waals surface area contributed by atoms with Gasteiger partial charge < -0.3 is 14.9 Å². The average Bonchev–Trinajstić information content (AvgIpc) is 2.38. The lowest BCUT2D eigenvalue weighted by Gasteiger charge is -2.43. The summed E-state index contributed by atoms with van der Waals surface area (Å²) in [5, 5.41) is 17.8. The number of nitriles is 1. The minimum Gasteiger partial charge on any atom is -0.465 e. The predicted octanol–water partition coefficient (Wildman–Crippen LogP) is 0.925. The van der Waals surface area contributed by atoms with Crippen LogP contribution in [0.1, 0.15) is 19.4 Å². The summed E-state index contributed by atoms with van der Waals surface area (Å²) in [6.07, 6.45) is 2.05.